The van der Waals surface area contributed by atoms with Crippen molar-refractivity contribution in [2.75, 3.05) is 40.3 Å². The second kappa shape index (κ2) is 9.13. The maximum absolute atomic E-state index is 5.86. The molecule has 0 fully saturated rings. The molecular formula is C12H28N2O. The molecule has 1 atom stereocenters. The van der Waals surface area contributed by atoms with Gasteiger partial charge < -0.3 is 15.0 Å². The normalized spacial score (nSPS) is 13.8. The van der Waals surface area contributed by atoms with Crippen molar-refractivity contribution < 1.29 is 4.74 Å². The third kappa shape index (κ3) is 8.85. The van der Waals surface area contributed by atoms with Crippen LogP contribution >= 0.6 is 0 Å². The van der Waals surface area contributed by atoms with Crippen molar-refractivity contribution in [3.8, 4) is 0 Å². The van der Waals surface area contributed by atoms with Gasteiger partial charge in [-0.2, -0.15) is 0 Å². The highest BCUT2D eigenvalue weighted by atomic mass is 16.5. The fourth-order valence-electron chi connectivity index (χ4n) is 1.29. The summed E-state index contributed by atoms with van der Waals surface area (Å²) in [5, 5.41) is 3.42. The maximum Gasteiger partial charge on any atom is 0.0722 e. The van der Waals surface area contributed by atoms with Crippen LogP contribution in [-0.4, -0.2) is 51.3 Å². The Bertz CT molecular complexity index is 138. The van der Waals surface area contributed by atoms with E-state index in [2.05, 4.69) is 45.1 Å². The van der Waals surface area contributed by atoms with E-state index in [4.69, 9.17) is 4.74 Å². The van der Waals surface area contributed by atoms with Crippen LogP contribution in [0.2, 0.25) is 0 Å². The van der Waals surface area contributed by atoms with E-state index in [-0.39, 0.29) is 0 Å². The molecule has 0 rings (SSSR count). The van der Waals surface area contributed by atoms with E-state index in [9.17, 15) is 0 Å². The average Bonchev–Trinajstić information content (AvgIpc) is 2.15. The molecule has 0 aromatic carbocycles. The lowest BCUT2D eigenvalue weighted by atomic mass is 10.1. The van der Waals surface area contributed by atoms with Crippen molar-refractivity contribution in [2.45, 2.75) is 33.3 Å². The number of nitrogens with one attached hydrogen (secondary N) is 1. The largest absolute Gasteiger partial charge is 0.375 e. The van der Waals surface area contributed by atoms with Crippen LogP contribution in [0.3, 0.4) is 0 Å². The highest BCUT2D eigenvalue weighted by Crippen LogP contribution is 2.05. The molecule has 1 N–H and O–H groups in total. The Morgan fingerprint density at radius 2 is 1.93 bits per heavy atom. The summed E-state index contributed by atoms with van der Waals surface area (Å²) in [5.41, 5.74) is 0. The van der Waals surface area contributed by atoms with Gasteiger partial charge in [0, 0.05) is 13.1 Å². The monoisotopic (exact) mass is 216 g/mol. The highest BCUT2D eigenvalue weighted by molar-refractivity contribution is 4.65. The SMILES string of the molecule is CCCNCC(OCCN(C)C)C(C)C. The van der Waals surface area contributed by atoms with E-state index >= 15 is 0 Å². The van der Waals surface area contributed by atoms with Crippen molar-refractivity contribution in [3.05, 3.63) is 0 Å². The lowest BCUT2D eigenvalue weighted by molar-refractivity contribution is 0.0163. The van der Waals surface area contributed by atoms with Gasteiger partial charge in [-0.15, -0.1) is 0 Å². The van der Waals surface area contributed by atoms with Crippen molar-refractivity contribution in [1.82, 2.24) is 10.2 Å². The zero-order chi connectivity index (χ0) is 11.7. The Morgan fingerprint density at radius 1 is 1.27 bits per heavy atom. The van der Waals surface area contributed by atoms with Gasteiger partial charge in [0.25, 0.3) is 0 Å². The van der Waals surface area contributed by atoms with Crippen LogP contribution in [0, 0.1) is 5.92 Å². The van der Waals surface area contributed by atoms with Gasteiger partial charge in [-0.1, -0.05) is 20.8 Å². The molecule has 0 aromatic rings. The Kier molecular flexibility index (Phi) is 9.06. The van der Waals surface area contributed by atoms with Crippen molar-refractivity contribution in [1.29, 1.82) is 0 Å². The maximum atomic E-state index is 5.86. The van der Waals surface area contributed by atoms with Gasteiger partial charge >= 0.3 is 0 Å². The molecule has 0 aliphatic rings. The molecule has 0 aliphatic heterocycles. The lowest BCUT2D eigenvalue weighted by Crippen LogP contribution is -2.35. The average molecular weight is 216 g/mol. The minimum Gasteiger partial charge on any atom is -0.375 e. The molecule has 0 saturated heterocycles. The van der Waals surface area contributed by atoms with Crippen molar-refractivity contribution >= 4 is 0 Å². The van der Waals surface area contributed by atoms with Crippen LogP contribution in [0.5, 0.6) is 0 Å². The first-order valence-electron chi connectivity index (χ1n) is 6.05. The smallest absolute Gasteiger partial charge is 0.0722 e. The van der Waals surface area contributed by atoms with Crippen LogP contribution in [-0.2, 0) is 4.74 Å². The number of nitrogens with zero attached hydrogens (tertiary/aromatic N) is 1. The number of hydrogen-bond acceptors (Lipinski definition) is 3. The minimum atomic E-state index is 0.344. The molecule has 0 amide bonds. The zero-order valence-corrected chi connectivity index (χ0v) is 11.0. The molecule has 0 saturated carbocycles. The van der Waals surface area contributed by atoms with E-state index in [1.807, 2.05) is 0 Å². The fourth-order valence-corrected chi connectivity index (χ4v) is 1.29. The minimum absolute atomic E-state index is 0.344. The summed E-state index contributed by atoms with van der Waals surface area (Å²) in [6.45, 7) is 10.5. The molecule has 15 heavy (non-hydrogen) atoms. The third-order valence-corrected chi connectivity index (χ3v) is 2.39. The molecule has 0 spiro atoms. The first kappa shape index (κ1) is 14.9. The quantitative estimate of drug-likeness (QED) is 0.592. The summed E-state index contributed by atoms with van der Waals surface area (Å²) in [6.07, 6.45) is 1.53. The van der Waals surface area contributed by atoms with Crippen LogP contribution in [0.25, 0.3) is 0 Å². The first-order valence-corrected chi connectivity index (χ1v) is 6.05. The van der Waals surface area contributed by atoms with E-state index < -0.39 is 0 Å². The number of hydrogen-bond donors (Lipinski definition) is 1. The topological polar surface area (TPSA) is 24.5 Å². The van der Waals surface area contributed by atoms with Crippen molar-refractivity contribution in [3.63, 3.8) is 0 Å². The number of rotatable bonds is 9. The summed E-state index contributed by atoms with van der Waals surface area (Å²) in [7, 11) is 4.14. The summed E-state index contributed by atoms with van der Waals surface area (Å²) in [5.74, 6) is 0.580. The zero-order valence-electron chi connectivity index (χ0n) is 11.0. The Hall–Kier alpha value is -0.120. The van der Waals surface area contributed by atoms with Crippen LogP contribution < -0.4 is 5.32 Å². The van der Waals surface area contributed by atoms with Gasteiger partial charge in [0.2, 0.25) is 0 Å². The molecule has 92 valence electrons. The molecule has 0 aliphatic carbocycles. The molecule has 0 radical (unpaired) electrons. The van der Waals surface area contributed by atoms with Crippen LogP contribution in [0.1, 0.15) is 27.2 Å². The van der Waals surface area contributed by atoms with Gasteiger partial charge in [0.05, 0.1) is 12.7 Å². The Balaban J connectivity index is 3.64. The molecule has 0 aromatic heterocycles. The van der Waals surface area contributed by atoms with Gasteiger partial charge in [0.1, 0.15) is 0 Å². The van der Waals surface area contributed by atoms with E-state index in [1.165, 1.54) is 6.42 Å². The lowest BCUT2D eigenvalue weighted by Gasteiger charge is -2.23. The summed E-state index contributed by atoms with van der Waals surface area (Å²) in [4.78, 5) is 2.15. The van der Waals surface area contributed by atoms with Gasteiger partial charge in [0.15, 0.2) is 0 Å². The highest BCUT2D eigenvalue weighted by Gasteiger charge is 2.12. The molecule has 0 heterocycles. The van der Waals surface area contributed by atoms with Crippen LogP contribution in [0.15, 0.2) is 0 Å². The standard InChI is InChI=1S/C12H28N2O/c1-6-7-13-10-12(11(2)3)15-9-8-14(4)5/h11-13H,6-10H2,1-5H3. The summed E-state index contributed by atoms with van der Waals surface area (Å²) in [6, 6.07) is 0. The van der Waals surface area contributed by atoms with E-state index in [1.54, 1.807) is 0 Å². The molecule has 3 nitrogen and oxygen atoms in total. The molecular weight excluding hydrogens is 188 g/mol. The second-order valence-electron chi connectivity index (χ2n) is 4.66. The van der Waals surface area contributed by atoms with Gasteiger partial charge in [-0.3, -0.25) is 0 Å². The Morgan fingerprint density at radius 3 is 2.40 bits per heavy atom. The van der Waals surface area contributed by atoms with Gasteiger partial charge in [-0.25, -0.2) is 0 Å². The van der Waals surface area contributed by atoms with Crippen molar-refractivity contribution in [2.24, 2.45) is 5.92 Å². The molecule has 0 bridgehead atoms. The summed E-state index contributed by atoms with van der Waals surface area (Å²) < 4.78 is 5.86. The molecule has 3 heteroatoms. The molecule has 1 unspecified atom stereocenters. The predicted octanol–water partition coefficient (Wildman–Crippen LogP) is 1.59. The Labute approximate surface area is 95.2 Å². The van der Waals surface area contributed by atoms with Crippen LogP contribution in [0.4, 0.5) is 0 Å². The van der Waals surface area contributed by atoms with E-state index in [0.717, 1.165) is 26.2 Å². The predicted molar refractivity (Wildman–Crippen MR) is 66.3 cm³/mol. The number of ether oxygens (including phenoxy) is 1. The summed E-state index contributed by atoms with van der Waals surface area (Å²) >= 11 is 0. The van der Waals surface area contributed by atoms with E-state index in [0.29, 0.717) is 12.0 Å². The second-order valence-corrected chi connectivity index (χ2v) is 4.66. The fraction of sp³-hybridized carbons (Fsp3) is 1.00. The number of likely N-dealkylation sites (N-methyl/N-ethyl adjacent to an activating group) is 1. The first-order chi connectivity index (χ1) is 7.07. The third-order valence-electron chi connectivity index (χ3n) is 2.39. The van der Waals surface area contributed by atoms with Gasteiger partial charge in [-0.05, 0) is 33.0 Å².